The third-order valence-corrected chi connectivity index (χ3v) is 0.711. The van der Waals surface area contributed by atoms with E-state index in [4.69, 9.17) is 0 Å². The van der Waals surface area contributed by atoms with E-state index >= 15 is 0 Å². The number of carbonyl (C=O) groups excluding carboxylic acids is 1. The molecular formula is C5H8OS. The van der Waals surface area contributed by atoms with Crippen molar-refractivity contribution in [3.8, 4) is 0 Å². The zero-order chi connectivity index (χ0) is 5.70. The maximum atomic E-state index is 10.0. The van der Waals surface area contributed by atoms with Crippen LogP contribution in [0.4, 0.5) is 0 Å². The molecule has 0 rings (SSSR count). The zero-order valence-corrected chi connectivity index (χ0v) is 5.11. The summed E-state index contributed by atoms with van der Waals surface area (Å²) < 4.78 is 0. The predicted octanol–water partition coefficient (Wildman–Crippen LogP) is 1.41. The van der Waals surface area contributed by atoms with E-state index < -0.39 is 0 Å². The molecule has 0 spiro atoms. The maximum absolute atomic E-state index is 10.0. The third kappa shape index (κ3) is 5.76. The number of hydrogen-bond acceptors (Lipinski definition) is 1. The van der Waals surface area contributed by atoms with Crippen molar-refractivity contribution < 1.29 is 4.79 Å². The fourth-order valence-corrected chi connectivity index (χ4v) is 0.324. The van der Waals surface area contributed by atoms with Crippen LogP contribution in [0.2, 0.25) is 0 Å². The molecule has 0 aromatic rings. The third-order valence-electron chi connectivity index (χ3n) is 0.528. The average Bonchev–Trinajstić information content (AvgIpc) is 1.61. The monoisotopic (exact) mass is 116 g/mol. The Kier molecular flexibility index (Phi) is 3.80. The maximum Gasteiger partial charge on any atom is 0.189 e. The highest BCUT2D eigenvalue weighted by atomic mass is 32.1. The van der Waals surface area contributed by atoms with E-state index in [2.05, 4.69) is 12.6 Å². The van der Waals surface area contributed by atoms with Crippen molar-refractivity contribution in [3.05, 3.63) is 12.2 Å². The standard InChI is InChI=1S/C5H8OS/c1-2-3-4-5(6)7/h2-3H,4H2,1H3,(H,6,7)/b3-2+. The molecule has 0 N–H and O–H groups in total. The van der Waals surface area contributed by atoms with Gasteiger partial charge in [0, 0.05) is 6.42 Å². The van der Waals surface area contributed by atoms with Crippen LogP contribution in [0.25, 0.3) is 0 Å². The molecule has 1 nitrogen and oxygen atoms in total. The normalized spacial score (nSPS) is 10.0. The lowest BCUT2D eigenvalue weighted by atomic mass is 10.4. The molecule has 0 amide bonds. The molecule has 2 heteroatoms. The molecule has 7 heavy (non-hydrogen) atoms. The van der Waals surface area contributed by atoms with E-state index in [1.54, 1.807) is 6.08 Å². The van der Waals surface area contributed by atoms with Crippen molar-refractivity contribution in [3.63, 3.8) is 0 Å². The fraction of sp³-hybridized carbons (Fsp3) is 0.400. The molecule has 0 aromatic heterocycles. The van der Waals surface area contributed by atoms with Gasteiger partial charge in [0.2, 0.25) is 0 Å². The van der Waals surface area contributed by atoms with Gasteiger partial charge in [-0.1, -0.05) is 12.2 Å². The number of hydrogen-bond donors (Lipinski definition) is 1. The first-order chi connectivity index (χ1) is 3.27. The van der Waals surface area contributed by atoms with E-state index in [-0.39, 0.29) is 5.12 Å². The molecule has 0 saturated heterocycles. The van der Waals surface area contributed by atoms with Crippen molar-refractivity contribution in [2.45, 2.75) is 13.3 Å². The Morgan fingerprint density at radius 1 is 1.86 bits per heavy atom. The first kappa shape index (κ1) is 6.76. The van der Waals surface area contributed by atoms with Gasteiger partial charge in [0.1, 0.15) is 0 Å². The molecule has 0 aliphatic carbocycles. The van der Waals surface area contributed by atoms with Crippen LogP contribution < -0.4 is 0 Å². The van der Waals surface area contributed by atoms with Crippen LogP contribution in [-0.4, -0.2) is 5.12 Å². The van der Waals surface area contributed by atoms with Crippen LogP contribution in [0.15, 0.2) is 12.2 Å². The smallest absolute Gasteiger partial charge is 0.189 e. The molecule has 0 fully saturated rings. The summed E-state index contributed by atoms with van der Waals surface area (Å²) in [5.41, 5.74) is 0. The van der Waals surface area contributed by atoms with Crippen LogP contribution in [-0.2, 0) is 4.79 Å². The lowest BCUT2D eigenvalue weighted by Crippen LogP contribution is -1.78. The van der Waals surface area contributed by atoms with Crippen molar-refractivity contribution >= 4 is 17.7 Å². The molecule has 0 radical (unpaired) electrons. The molecular weight excluding hydrogens is 108 g/mol. The second kappa shape index (κ2) is 3.93. The first-order valence-electron chi connectivity index (χ1n) is 2.10. The quantitative estimate of drug-likeness (QED) is 0.426. The van der Waals surface area contributed by atoms with Crippen LogP contribution >= 0.6 is 12.6 Å². The molecule has 0 unspecified atom stereocenters. The molecule has 0 aliphatic rings. The zero-order valence-electron chi connectivity index (χ0n) is 4.22. The molecule has 0 aliphatic heterocycles. The molecule has 0 atom stereocenters. The SMILES string of the molecule is C/C=C/CC(=O)S. The Hall–Kier alpha value is -0.240. The minimum atomic E-state index is -0.0851. The van der Waals surface area contributed by atoms with Gasteiger partial charge in [-0.05, 0) is 6.92 Å². The summed E-state index contributed by atoms with van der Waals surface area (Å²) in [6.45, 7) is 1.87. The predicted molar refractivity (Wildman–Crippen MR) is 33.4 cm³/mol. The van der Waals surface area contributed by atoms with Crippen LogP contribution in [0.1, 0.15) is 13.3 Å². The highest BCUT2D eigenvalue weighted by Crippen LogP contribution is 1.87. The topological polar surface area (TPSA) is 17.1 Å². The average molecular weight is 116 g/mol. The minimum Gasteiger partial charge on any atom is -0.287 e. The fourth-order valence-electron chi connectivity index (χ4n) is 0.219. The van der Waals surface area contributed by atoms with Crippen LogP contribution in [0.5, 0.6) is 0 Å². The lowest BCUT2D eigenvalue weighted by molar-refractivity contribution is -0.110. The Bertz CT molecular complexity index is 86.1. The van der Waals surface area contributed by atoms with Gasteiger partial charge >= 0.3 is 0 Å². The second-order valence-electron chi connectivity index (χ2n) is 1.17. The summed E-state index contributed by atoms with van der Waals surface area (Å²) in [5, 5.41) is -0.0851. The Balaban J connectivity index is 3.14. The van der Waals surface area contributed by atoms with E-state index in [0.29, 0.717) is 6.42 Å². The van der Waals surface area contributed by atoms with Crippen LogP contribution in [0, 0.1) is 0 Å². The summed E-state index contributed by atoms with van der Waals surface area (Å²) >= 11 is 3.54. The van der Waals surface area contributed by atoms with E-state index in [1.165, 1.54) is 0 Å². The summed E-state index contributed by atoms with van der Waals surface area (Å²) in [7, 11) is 0. The lowest BCUT2D eigenvalue weighted by Gasteiger charge is -1.76. The largest absolute Gasteiger partial charge is 0.287 e. The molecule has 0 heterocycles. The minimum absolute atomic E-state index is 0.0851. The van der Waals surface area contributed by atoms with Crippen molar-refractivity contribution in [1.29, 1.82) is 0 Å². The van der Waals surface area contributed by atoms with Gasteiger partial charge in [0.15, 0.2) is 5.12 Å². The van der Waals surface area contributed by atoms with Gasteiger partial charge in [-0.2, -0.15) is 0 Å². The van der Waals surface area contributed by atoms with Gasteiger partial charge in [0.05, 0.1) is 0 Å². The van der Waals surface area contributed by atoms with Gasteiger partial charge in [-0.25, -0.2) is 0 Å². The Labute approximate surface area is 48.8 Å². The summed E-state index contributed by atoms with van der Waals surface area (Å²) in [6, 6.07) is 0. The second-order valence-corrected chi connectivity index (χ2v) is 1.67. The van der Waals surface area contributed by atoms with Crippen molar-refractivity contribution in [2.75, 3.05) is 0 Å². The molecule has 0 saturated carbocycles. The van der Waals surface area contributed by atoms with Crippen LogP contribution in [0.3, 0.4) is 0 Å². The Morgan fingerprint density at radius 3 is 2.57 bits per heavy atom. The summed E-state index contributed by atoms with van der Waals surface area (Å²) in [6.07, 6.45) is 4.04. The van der Waals surface area contributed by atoms with Gasteiger partial charge < -0.3 is 0 Å². The van der Waals surface area contributed by atoms with Gasteiger partial charge in [-0.15, -0.1) is 12.6 Å². The number of allylic oxidation sites excluding steroid dienone is 2. The number of carbonyl (C=O) groups is 1. The summed E-state index contributed by atoms with van der Waals surface area (Å²) in [5.74, 6) is 0. The van der Waals surface area contributed by atoms with E-state index in [0.717, 1.165) is 0 Å². The molecule has 40 valence electrons. The van der Waals surface area contributed by atoms with Crippen molar-refractivity contribution in [2.24, 2.45) is 0 Å². The molecule has 0 aromatic carbocycles. The van der Waals surface area contributed by atoms with E-state index in [1.807, 2.05) is 13.0 Å². The summed E-state index contributed by atoms with van der Waals surface area (Å²) in [4.78, 5) is 10.0. The molecule has 0 bridgehead atoms. The number of thiol groups is 1. The van der Waals surface area contributed by atoms with E-state index in [9.17, 15) is 4.79 Å². The van der Waals surface area contributed by atoms with Gasteiger partial charge in [0.25, 0.3) is 0 Å². The first-order valence-corrected chi connectivity index (χ1v) is 2.55. The highest BCUT2D eigenvalue weighted by Gasteiger charge is 1.83. The van der Waals surface area contributed by atoms with Crippen molar-refractivity contribution in [1.82, 2.24) is 0 Å². The number of rotatable bonds is 2. The highest BCUT2D eigenvalue weighted by molar-refractivity contribution is 7.96. The van der Waals surface area contributed by atoms with Gasteiger partial charge in [-0.3, -0.25) is 4.79 Å². The Morgan fingerprint density at radius 2 is 2.43 bits per heavy atom.